The minimum absolute atomic E-state index is 0.0146. The van der Waals surface area contributed by atoms with Crippen molar-refractivity contribution in [3.63, 3.8) is 0 Å². The lowest BCUT2D eigenvalue weighted by Crippen LogP contribution is -2.32. The van der Waals surface area contributed by atoms with Gasteiger partial charge in [0.05, 0.1) is 23.6 Å². The van der Waals surface area contributed by atoms with E-state index in [0.717, 1.165) is 17.2 Å². The van der Waals surface area contributed by atoms with Crippen LogP contribution in [0.1, 0.15) is 33.3 Å². The first kappa shape index (κ1) is 17.4. The van der Waals surface area contributed by atoms with Gasteiger partial charge in [-0.25, -0.2) is 4.39 Å². The van der Waals surface area contributed by atoms with Gasteiger partial charge in [0.1, 0.15) is 11.4 Å². The van der Waals surface area contributed by atoms with E-state index in [1.807, 2.05) is 31.2 Å². The molecule has 1 amide bonds. The lowest BCUT2D eigenvalue weighted by Gasteiger charge is -2.24. The molecule has 2 heterocycles. The Balaban J connectivity index is 1.97. The van der Waals surface area contributed by atoms with E-state index in [1.165, 1.54) is 12.1 Å². The summed E-state index contributed by atoms with van der Waals surface area (Å²) in [6.07, 6.45) is 0. The topological polar surface area (TPSA) is 59.8 Å². The van der Waals surface area contributed by atoms with Crippen molar-refractivity contribution in [3.05, 3.63) is 81.0 Å². The van der Waals surface area contributed by atoms with Gasteiger partial charge in [-0.1, -0.05) is 29.8 Å². The summed E-state index contributed by atoms with van der Waals surface area (Å²) in [5.74, 6) is -0.876. The zero-order valence-electron chi connectivity index (χ0n) is 15.0. The van der Waals surface area contributed by atoms with Crippen molar-refractivity contribution >= 4 is 16.9 Å². The molecule has 1 aliphatic heterocycles. The van der Waals surface area contributed by atoms with E-state index in [-0.39, 0.29) is 33.6 Å². The van der Waals surface area contributed by atoms with Gasteiger partial charge in [0.25, 0.3) is 5.91 Å². The molecule has 5 nitrogen and oxygen atoms in total. The third-order valence-electron chi connectivity index (χ3n) is 4.86. The molecule has 3 aromatic rings. The van der Waals surface area contributed by atoms with Crippen molar-refractivity contribution in [1.82, 2.24) is 4.90 Å². The Morgan fingerprint density at radius 3 is 2.59 bits per heavy atom. The number of benzene rings is 2. The smallest absolute Gasteiger partial charge is 0.290 e. The van der Waals surface area contributed by atoms with E-state index < -0.39 is 11.9 Å². The fourth-order valence-electron chi connectivity index (χ4n) is 3.51. The SMILES string of the molecule is COCCN1C(=O)c2oc3ccc(F)cc3c(=O)c2C1c1ccc(C)cc1. The normalized spacial score (nSPS) is 16.2. The Labute approximate surface area is 155 Å². The fourth-order valence-corrected chi connectivity index (χ4v) is 3.51. The van der Waals surface area contributed by atoms with Gasteiger partial charge in [0.2, 0.25) is 5.76 Å². The average Bonchev–Trinajstić information content (AvgIpc) is 2.94. The molecule has 138 valence electrons. The Bertz CT molecular complexity index is 1090. The molecule has 27 heavy (non-hydrogen) atoms. The number of halogens is 1. The summed E-state index contributed by atoms with van der Waals surface area (Å²) < 4.78 is 24.5. The number of ether oxygens (including phenoxy) is 1. The molecule has 0 N–H and O–H groups in total. The van der Waals surface area contributed by atoms with Crippen LogP contribution in [-0.2, 0) is 4.74 Å². The van der Waals surface area contributed by atoms with Gasteiger partial charge in [-0.05, 0) is 30.7 Å². The summed E-state index contributed by atoms with van der Waals surface area (Å²) in [6, 6.07) is 10.8. The van der Waals surface area contributed by atoms with Crippen LogP contribution in [0.5, 0.6) is 0 Å². The number of hydrogen-bond acceptors (Lipinski definition) is 4. The van der Waals surface area contributed by atoms with Crippen LogP contribution in [0.4, 0.5) is 4.39 Å². The van der Waals surface area contributed by atoms with E-state index in [0.29, 0.717) is 13.2 Å². The minimum Gasteiger partial charge on any atom is -0.450 e. The van der Waals surface area contributed by atoms with Gasteiger partial charge >= 0.3 is 0 Å². The number of carbonyl (C=O) groups excluding carboxylic acids is 1. The highest BCUT2D eigenvalue weighted by atomic mass is 19.1. The summed E-state index contributed by atoms with van der Waals surface area (Å²) in [5.41, 5.74) is 1.93. The summed E-state index contributed by atoms with van der Waals surface area (Å²) in [7, 11) is 1.55. The fraction of sp³-hybridized carbons (Fsp3) is 0.238. The van der Waals surface area contributed by atoms with Crippen LogP contribution in [-0.4, -0.2) is 31.1 Å². The molecule has 0 aliphatic carbocycles. The molecule has 0 fully saturated rings. The van der Waals surface area contributed by atoms with Gasteiger partial charge in [0, 0.05) is 13.7 Å². The lowest BCUT2D eigenvalue weighted by atomic mass is 9.98. The maximum absolute atomic E-state index is 13.7. The highest BCUT2D eigenvalue weighted by molar-refractivity contribution is 5.99. The van der Waals surface area contributed by atoms with Crippen molar-refractivity contribution in [1.29, 1.82) is 0 Å². The minimum atomic E-state index is -0.591. The predicted octanol–water partition coefficient (Wildman–Crippen LogP) is 3.43. The zero-order chi connectivity index (χ0) is 19.1. The summed E-state index contributed by atoms with van der Waals surface area (Å²) in [4.78, 5) is 27.7. The lowest BCUT2D eigenvalue weighted by molar-refractivity contribution is 0.0663. The van der Waals surface area contributed by atoms with Crippen molar-refractivity contribution in [2.24, 2.45) is 0 Å². The van der Waals surface area contributed by atoms with E-state index in [4.69, 9.17) is 9.15 Å². The van der Waals surface area contributed by atoms with Crippen LogP contribution in [0, 0.1) is 12.7 Å². The molecule has 0 radical (unpaired) electrons. The maximum Gasteiger partial charge on any atom is 0.290 e. The van der Waals surface area contributed by atoms with Crippen LogP contribution in [0.15, 0.2) is 51.7 Å². The van der Waals surface area contributed by atoms with Crippen LogP contribution in [0.25, 0.3) is 11.0 Å². The molecular weight excluding hydrogens is 349 g/mol. The van der Waals surface area contributed by atoms with Crippen LogP contribution in [0.2, 0.25) is 0 Å². The standard InChI is InChI=1S/C21H18FNO4/c1-12-3-5-13(6-4-12)18-17-19(24)15-11-14(22)7-8-16(15)27-20(17)21(25)23(18)9-10-26-2/h3-8,11,18H,9-10H2,1-2H3. The third kappa shape index (κ3) is 2.82. The van der Waals surface area contributed by atoms with Gasteiger partial charge in [-0.3, -0.25) is 9.59 Å². The van der Waals surface area contributed by atoms with Crippen LogP contribution < -0.4 is 5.43 Å². The van der Waals surface area contributed by atoms with E-state index in [9.17, 15) is 14.0 Å². The molecule has 6 heteroatoms. The first-order valence-electron chi connectivity index (χ1n) is 8.64. The molecule has 0 saturated heterocycles. The summed E-state index contributed by atoms with van der Waals surface area (Å²) in [6.45, 7) is 2.59. The number of rotatable bonds is 4. The number of carbonyl (C=O) groups is 1. The Kier molecular flexibility index (Phi) is 4.28. The van der Waals surface area contributed by atoms with Gasteiger partial charge in [0.15, 0.2) is 5.43 Å². The number of methoxy groups -OCH3 is 1. The second-order valence-corrected chi connectivity index (χ2v) is 6.62. The van der Waals surface area contributed by atoms with Crippen molar-refractivity contribution in [2.75, 3.05) is 20.3 Å². The molecule has 1 aromatic heterocycles. The average molecular weight is 367 g/mol. The Hall–Kier alpha value is -2.99. The van der Waals surface area contributed by atoms with Gasteiger partial charge in [-0.15, -0.1) is 0 Å². The van der Waals surface area contributed by atoms with E-state index in [2.05, 4.69) is 0 Å². The van der Waals surface area contributed by atoms with E-state index in [1.54, 1.807) is 12.0 Å². The molecule has 1 aliphatic rings. The summed E-state index contributed by atoms with van der Waals surface area (Å²) in [5, 5.41) is 0.132. The highest BCUT2D eigenvalue weighted by Crippen LogP contribution is 2.38. The summed E-state index contributed by atoms with van der Waals surface area (Å²) >= 11 is 0. The predicted molar refractivity (Wildman–Crippen MR) is 98.4 cm³/mol. The van der Waals surface area contributed by atoms with Crippen LogP contribution >= 0.6 is 0 Å². The monoisotopic (exact) mass is 367 g/mol. The van der Waals surface area contributed by atoms with E-state index >= 15 is 0 Å². The van der Waals surface area contributed by atoms with Crippen molar-refractivity contribution < 1.29 is 18.3 Å². The molecule has 0 bridgehead atoms. The number of nitrogens with zero attached hydrogens (tertiary/aromatic N) is 1. The second kappa shape index (κ2) is 6.63. The van der Waals surface area contributed by atoms with Gasteiger partial charge in [-0.2, -0.15) is 0 Å². The molecule has 2 aromatic carbocycles. The zero-order valence-corrected chi connectivity index (χ0v) is 15.0. The van der Waals surface area contributed by atoms with Crippen molar-refractivity contribution in [3.8, 4) is 0 Å². The Morgan fingerprint density at radius 2 is 1.89 bits per heavy atom. The second-order valence-electron chi connectivity index (χ2n) is 6.62. The Morgan fingerprint density at radius 1 is 1.15 bits per heavy atom. The molecule has 1 unspecified atom stereocenters. The molecule has 4 rings (SSSR count). The highest BCUT2D eigenvalue weighted by Gasteiger charge is 2.42. The molecular formula is C21H18FNO4. The molecule has 1 atom stereocenters. The number of amides is 1. The first-order chi connectivity index (χ1) is 13.0. The quantitative estimate of drug-likeness (QED) is 0.709. The van der Waals surface area contributed by atoms with Crippen molar-refractivity contribution in [2.45, 2.75) is 13.0 Å². The third-order valence-corrected chi connectivity index (χ3v) is 4.86. The van der Waals surface area contributed by atoms with Crippen LogP contribution in [0.3, 0.4) is 0 Å². The first-order valence-corrected chi connectivity index (χ1v) is 8.64. The largest absolute Gasteiger partial charge is 0.450 e. The number of fused-ring (bicyclic) bond motifs is 2. The van der Waals surface area contributed by atoms with Gasteiger partial charge < -0.3 is 14.1 Å². The molecule has 0 saturated carbocycles. The number of aryl methyl sites for hydroxylation is 1. The molecule has 0 spiro atoms. The number of hydrogen-bond donors (Lipinski definition) is 0. The maximum atomic E-state index is 13.7.